The normalized spacial score (nSPS) is 27.2. The predicted octanol–water partition coefficient (Wildman–Crippen LogP) is 0.782. The fourth-order valence-corrected chi connectivity index (χ4v) is 3.43. The minimum Gasteiger partial charge on any atom is -0.496 e. The Bertz CT molecular complexity index is 839. The summed E-state index contributed by atoms with van der Waals surface area (Å²) in [6.07, 6.45) is -0.129. The average molecular weight is 384 g/mol. The van der Waals surface area contributed by atoms with E-state index in [1.54, 1.807) is 6.07 Å². The Morgan fingerprint density at radius 1 is 1.00 bits per heavy atom. The third-order valence-electron chi connectivity index (χ3n) is 5.02. The molecular formula is C22H24O6. The molecule has 2 aromatic carbocycles. The quantitative estimate of drug-likeness (QED) is 0.569. The first-order valence-corrected chi connectivity index (χ1v) is 9.01. The first kappa shape index (κ1) is 20.3. The molecule has 0 saturated carbocycles. The van der Waals surface area contributed by atoms with Crippen molar-refractivity contribution in [3.8, 4) is 18.1 Å². The van der Waals surface area contributed by atoms with E-state index < -0.39 is 37.1 Å². The van der Waals surface area contributed by atoms with E-state index in [9.17, 15) is 20.4 Å². The molecule has 1 fully saturated rings. The molecule has 1 aliphatic heterocycles. The molecule has 0 aliphatic carbocycles. The van der Waals surface area contributed by atoms with Crippen LogP contribution in [0.2, 0.25) is 0 Å². The van der Waals surface area contributed by atoms with Gasteiger partial charge >= 0.3 is 0 Å². The van der Waals surface area contributed by atoms with Crippen LogP contribution in [0.1, 0.15) is 28.4 Å². The van der Waals surface area contributed by atoms with Gasteiger partial charge in [0, 0.05) is 11.1 Å². The number of aliphatic hydroxyl groups is 4. The van der Waals surface area contributed by atoms with Crippen LogP contribution in [0, 0.1) is 12.3 Å². The van der Waals surface area contributed by atoms with Crippen molar-refractivity contribution < 1.29 is 29.9 Å². The highest BCUT2D eigenvalue weighted by molar-refractivity contribution is 5.42. The summed E-state index contributed by atoms with van der Waals surface area (Å²) >= 11 is 0. The molecular weight excluding hydrogens is 360 g/mol. The second-order valence-corrected chi connectivity index (χ2v) is 6.84. The van der Waals surface area contributed by atoms with Gasteiger partial charge in [-0.3, -0.25) is 0 Å². The van der Waals surface area contributed by atoms with E-state index in [1.807, 2.05) is 36.4 Å². The van der Waals surface area contributed by atoms with Crippen molar-refractivity contribution in [2.45, 2.75) is 36.9 Å². The molecule has 6 heteroatoms. The van der Waals surface area contributed by atoms with Gasteiger partial charge in [-0.05, 0) is 41.8 Å². The highest BCUT2D eigenvalue weighted by Gasteiger charge is 2.44. The summed E-state index contributed by atoms with van der Waals surface area (Å²) in [5.74, 6) is 3.06. The molecule has 0 bridgehead atoms. The second-order valence-electron chi connectivity index (χ2n) is 6.84. The lowest BCUT2D eigenvalue weighted by atomic mass is 9.89. The minimum atomic E-state index is -1.44. The van der Waals surface area contributed by atoms with Crippen LogP contribution in [-0.2, 0) is 11.2 Å². The van der Waals surface area contributed by atoms with Gasteiger partial charge in [0.2, 0.25) is 0 Å². The van der Waals surface area contributed by atoms with Gasteiger partial charge in [0.1, 0.15) is 36.3 Å². The Labute approximate surface area is 164 Å². The van der Waals surface area contributed by atoms with Crippen LogP contribution < -0.4 is 4.74 Å². The van der Waals surface area contributed by atoms with Gasteiger partial charge in [0.25, 0.3) is 0 Å². The topological polar surface area (TPSA) is 99.4 Å². The van der Waals surface area contributed by atoms with E-state index in [0.29, 0.717) is 17.7 Å². The number of methoxy groups -OCH3 is 1. The average Bonchev–Trinajstić information content (AvgIpc) is 2.73. The van der Waals surface area contributed by atoms with Crippen LogP contribution in [0.4, 0.5) is 0 Å². The smallest absolute Gasteiger partial charge is 0.124 e. The summed E-state index contributed by atoms with van der Waals surface area (Å²) in [6.45, 7) is -0.481. The van der Waals surface area contributed by atoms with Gasteiger partial charge in [0.05, 0.1) is 13.7 Å². The molecule has 0 amide bonds. The van der Waals surface area contributed by atoms with Gasteiger partial charge in [-0.1, -0.05) is 24.1 Å². The predicted molar refractivity (Wildman–Crippen MR) is 103 cm³/mol. The van der Waals surface area contributed by atoms with Crippen molar-refractivity contribution >= 4 is 0 Å². The first-order valence-electron chi connectivity index (χ1n) is 9.01. The van der Waals surface area contributed by atoms with Gasteiger partial charge < -0.3 is 29.9 Å². The minimum absolute atomic E-state index is 0.481. The van der Waals surface area contributed by atoms with Crippen molar-refractivity contribution in [1.82, 2.24) is 0 Å². The molecule has 1 heterocycles. The van der Waals surface area contributed by atoms with Crippen LogP contribution in [-0.4, -0.2) is 58.6 Å². The molecule has 28 heavy (non-hydrogen) atoms. The zero-order valence-electron chi connectivity index (χ0n) is 15.5. The summed E-state index contributed by atoms with van der Waals surface area (Å²) in [6, 6.07) is 13.2. The molecule has 1 aliphatic rings. The highest BCUT2D eigenvalue weighted by Crippen LogP contribution is 2.37. The Morgan fingerprint density at radius 2 is 1.68 bits per heavy atom. The standard InChI is InChI=1S/C22H24O6/c1-3-13-4-6-14(7-5-13)10-15-8-9-17(27-2)16(11-15)22-21(26)20(25)19(24)18(12-23)28-22/h1,4-9,11,18-26H,10,12H2,2H3/t18?,19-,20?,21-,22+/m1/s1. The van der Waals surface area contributed by atoms with E-state index in [-0.39, 0.29) is 0 Å². The van der Waals surface area contributed by atoms with E-state index in [1.165, 1.54) is 7.11 Å². The molecule has 6 nitrogen and oxygen atoms in total. The van der Waals surface area contributed by atoms with Crippen molar-refractivity contribution in [2.75, 3.05) is 13.7 Å². The maximum absolute atomic E-state index is 10.4. The van der Waals surface area contributed by atoms with Gasteiger partial charge in [0.15, 0.2) is 0 Å². The Kier molecular flexibility index (Phi) is 6.35. The summed E-state index contributed by atoms with van der Waals surface area (Å²) in [5.41, 5.74) is 3.35. The zero-order valence-corrected chi connectivity index (χ0v) is 15.5. The molecule has 2 unspecified atom stereocenters. The SMILES string of the molecule is C#Cc1ccc(Cc2ccc(OC)c([C@@H]3OC(CO)[C@@H](O)C(O)[C@H]3O)c2)cc1. The third-order valence-corrected chi connectivity index (χ3v) is 5.02. The Morgan fingerprint density at radius 3 is 2.29 bits per heavy atom. The number of aliphatic hydroxyl groups excluding tert-OH is 4. The largest absolute Gasteiger partial charge is 0.496 e. The van der Waals surface area contributed by atoms with Crippen molar-refractivity contribution in [2.24, 2.45) is 0 Å². The number of terminal acetylenes is 1. The number of benzene rings is 2. The van der Waals surface area contributed by atoms with Crippen molar-refractivity contribution in [3.05, 3.63) is 64.7 Å². The van der Waals surface area contributed by atoms with Gasteiger partial charge in [-0.2, -0.15) is 0 Å². The lowest BCUT2D eigenvalue weighted by Gasteiger charge is -2.40. The van der Waals surface area contributed by atoms with Gasteiger partial charge in [-0.15, -0.1) is 6.42 Å². The monoisotopic (exact) mass is 384 g/mol. The van der Waals surface area contributed by atoms with E-state index >= 15 is 0 Å². The number of hydrogen-bond acceptors (Lipinski definition) is 6. The van der Waals surface area contributed by atoms with Crippen LogP contribution in [0.3, 0.4) is 0 Å². The second kappa shape index (κ2) is 8.74. The van der Waals surface area contributed by atoms with Crippen LogP contribution in [0.5, 0.6) is 5.75 Å². The molecule has 5 atom stereocenters. The number of rotatable bonds is 5. The van der Waals surface area contributed by atoms with Crippen molar-refractivity contribution in [3.63, 3.8) is 0 Å². The Balaban J connectivity index is 1.91. The summed E-state index contributed by atoms with van der Waals surface area (Å²) < 4.78 is 11.1. The summed E-state index contributed by atoms with van der Waals surface area (Å²) in [5, 5.41) is 40.0. The van der Waals surface area contributed by atoms with Crippen LogP contribution in [0.15, 0.2) is 42.5 Å². The highest BCUT2D eigenvalue weighted by atomic mass is 16.5. The summed E-state index contributed by atoms with van der Waals surface area (Å²) in [7, 11) is 1.50. The van der Waals surface area contributed by atoms with E-state index in [0.717, 1.165) is 16.7 Å². The fourth-order valence-electron chi connectivity index (χ4n) is 3.43. The molecule has 0 radical (unpaired) electrons. The maximum atomic E-state index is 10.4. The molecule has 4 N–H and O–H groups in total. The summed E-state index contributed by atoms with van der Waals surface area (Å²) in [4.78, 5) is 0. The van der Waals surface area contributed by atoms with E-state index in [4.69, 9.17) is 15.9 Å². The lowest BCUT2D eigenvalue weighted by Crippen LogP contribution is -2.55. The molecule has 3 rings (SSSR count). The third kappa shape index (κ3) is 4.04. The molecule has 0 aromatic heterocycles. The number of ether oxygens (including phenoxy) is 2. The van der Waals surface area contributed by atoms with Crippen LogP contribution >= 0.6 is 0 Å². The molecule has 148 valence electrons. The van der Waals surface area contributed by atoms with Gasteiger partial charge in [-0.25, -0.2) is 0 Å². The molecule has 0 spiro atoms. The maximum Gasteiger partial charge on any atom is 0.124 e. The van der Waals surface area contributed by atoms with Crippen molar-refractivity contribution in [1.29, 1.82) is 0 Å². The molecule has 2 aromatic rings. The Hall–Kier alpha value is -2.40. The zero-order chi connectivity index (χ0) is 20.3. The first-order chi connectivity index (χ1) is 13.5. The van der Waals surface area contributed by atoms with E-state index in [2.05, 4.69) is 5.92 Å². The fraction of sp³-hybridized carbons (Fsp3) is 0.364. The number of hydrogen-bond donors (Lipinski definition) is 4. The van der Waals surface area contributed by atoms with Crippen LogP contribution in [0.25, 0.3) is 0 Å². The lowest BCUT2D eigenvalue weighted by molar-refractivity contribution is -0.232. The molecule has 1 saturated heterocycles.